The van der Waals surface area contributed by atoms with Crippen LogP contribution in [0.25, 0.3) is 0 Å². The molecule has 2 aliphatic rings. The first kappa shape index (κ1) is 14.0. The molecule has 4 nitrogen and oxygen atoms in total. The Hall–Kier alpha value is -2.62. The Morgan fingerprint density at radius 3 is 2.70 bits per heavy atom. The highest BCUT2D eigenvalue weighted by Crippen LogP contribution is 2.50. The predicted octanol–water partition coefficient (Wildman–Crippen LogP) is 4.73. The van der Waals surface area contributed by atoms with Crippen LogP contribution >= 0.6 is 0 Å². The second kappa shape index (κ2) is 5.23. The van der Waals surface area contributed by atoms with E-state index in [1.807, 2.05) is 12.1 Å². The summed E-state index contributed by atoms with van der Waals surface area (Å²) < 4.78 is 0. The number of non-ortho nitro benzene ring substituents is 1. The van der Waals surface area contributed by atoms with E-state index in [0.29, 0.717) is 11.8 Å². The summed E-state index contributed by atoms with van der Waals surface area (Å²) in [5.41, 5.74) is 5.07. The van der Waals surface area contributed by atoms with Crippen LogP contribution in [-0.4, -0.2) is 4.92 Å². The third-order valence-corrected chi connectivity index (χ3v) is 5.07. The van der Waals surface area contributed by atoms with Crippen molar-refractivity contribution in [1.82, 2.24) is 0 Å². The van der Waals surface area contributed by atoms with Crippen LogP contribution in [0.4, 0.5) is 11.4 Å². The molecule has 1 aliphatic heterocycles. The summed E-state index contributed by atoms with van der Waals surface area (Å²) in [4.78, 5) is 10.5. The molecule has 1 aliphatic carbocycles. The Bertz CT molecular complexity index is 796. The third kappa shape index (κ3) is 2.22. The van der Waals surface area contributed by atoms with E-state index < -0.39 is 0 Å². The SMILES string of the molecule is Cc1cccc2c1N[C@@H](c1ccc([N+](=O)[O-])cc1)[C@@H]1CC=C[C@H]21. The number of nitrogens with zero attached hydrogens (tertiary/aromatic N) is 1. The Balaban J connectivity index is 1.75. The molecular formula is C19H18N2O2. The van der Waals surface area contributed by atoms with E-state index in [9.17, 15) is 10.1 Å². The third-order valence-electron chi connectivity index (χ3n) is 5.07. The molecule has 1 N–H and O–H groups in total. The van der Waals surface area contributed by atoms with Crippen molar-refractivity contribution in [3.63, 3.8) is 0 Å². The molecule has 0 amide bonds. The summed E-state index contributed by atoms with van der Waals surface area (Å²) >= 11 is 0. The van der Waals surface area contributed by atoms with Crippen molar-refractivity contribution in [2.45, 2.75) is 25.3 Å². The van der Waals surface area contributed by atoms with Crippen LogP contribution in [0.2, 0.25) is 0 Å². The molecule has 0 spiro atoms. The van der Waals surface area contributed by atoms with E-state index in [1.54, 1.807) is 12.1 Å². The lowest BCUT2D eigenvalue weighted by Crippen LogP contribution is -2.29. The van der Waals surface area contributed by atoms with Crippen LogP contribution < -0.4 is 5.32 Å². The van der Waals surface area contributed by atoms with Gasteiger partial charge in [0.05, 0.1) is 11.0 Å². The fourth-order valence-electron chi connectivity index (χ4n) is 3.91. The quantitative estimate of drug-likeness (QED) is 0.496. The molecule has 0 radical (unpaired) electrons. The van der Waals surface area contributed by atoms with Crippen LogP contribution in [-0.2, 0) is 0 Å². The van der Waals surface area contributed by atoms with E-state index in [4.69, 9.17) is 0 Å². The van der Waals surface area contributed by atoms with Crippen molar-refractivity contribution in [1.29, 1.82) is 0 Å². The number of allylic oxidation sites excluding steroid dienone is 2. The number of hydrogen-bond acceptors (Lipinski definition) is 3. The molecule has 0 aromatic heterocycles. The van der Waals surface area contributed by atoms with Crippen LogP contribution in [0.5, 0.6) is 0 Å². The van der Waals surface area contributed by atoms with Crippen molar-refractivity contribution in [3.8, 4) is 0 Å². The minimum absolute atomic E-state index is 0.141. The predicted molar refractivity (Wildman–Crippen MR) is 90.6 cm³/mol. The number of nitro groups is 1. The molecule has 23 heavy (non-hydrogen) atoms. The Labute approximate surface area is 135 Å². The second-order valence-electron chi connectivity index (χ2n) is 6.36. The summed E-state index contributed by atoms with van der Waals surface area (Å²) in [6, 6.07) is 13.6. The Morgan fingerprint density at radius 2 is 1.96 bits per heavy atom. The molecule has 3 atom stereocenters. The Morgan fingerprint density at radius 1 is 1.17 bits per heavy atom. The van der Waals surface area contributed by atoms with Gasteiger partial charge in [-0.3, -0.25) is 10.1 Å². The Kier molecular flexibility index (Phi) is 3.18. The largest absolute Gasteiger partial charge is 0.377 e. The average Bonchev–Trinajstić information content (AvgIpc) is 3.04. The fourth-order valence-corrected chi connectivity index (χ4v) is 3.91. The highest BCUT2D eigenvalue weighted by atomic mass is 16.6. The number of fused-ring (bicyclic) bond motifs is 3. The van der Waals surface area contributed by atoms with Gasteiger partial charge >= 0.3 is 0 Å². The molecule has 2 aromatic carbocycles. The van der Waals surface area contributed by atoms with Crippen molar-refractivity contribution in [2.24, 2.45) is 5.92 Å². The van der Waals surface area contributed by atoms with Crippen molar-refractivity contribution >= 4 is 11.4 Å². The number of hydrogen-bond donors (Lipinski definition) is 1. The zero-order valence-corrected chi connectivity index (χ0v) is 12.9. The van der Waals surface area contributed by atoms with Crippen LogP contribution in [0.15, 0.2) is 54.6 Å². The molecular weight excluding hydrogens is 288 g/mol. The van der Waals surface area contributed by atoms with Gasteiger partial charge in [-0.05, 0) is 36.0 Å². The number of nitrogens with one attached hydrogen (secondary N) is 1. The number of nitro benzene ring substituents is 1. The molecule has 1 heterocycles. The maximum Gasteiger partial charge on any atom is 0.269 e. The molecule has 0 unspecified atom stereocenters. The van der Waals surface area contributed by atoms with E-state index in [1.165, 1.54) is 16.8 Å². The van der Waals surface area contributed by atoms with Crippen LogP contribution in [0.3, 0.4) is 0 Å². The topological polar surface area (TPSA) is 55.2 Å². The van der Waals surface area contributed by atoms with Crippen molar-refractivity contribution < 1.29 is 4.92 Å². The first-order valence-corrected chi connectivity index (χ1v) is 7.92. The molecule has 4 rings (SSSR count). The van der Waals surface area contributed by atoms with Gasteiger partial charge in [-0.15, -0.1) is 0 Å². The summed E-state index contributed by atoms with van der Waals surface area (Å²) in [7, 11) is 0. The van der Waals surface area contributed by atoms with Gasteiger partial charge in [0.1, 0.15) is 0 Å². The maximum atomic E-state index is 10.9. The lowest BCUT2D eigenvalue weighted by Gasteiger charge is -2.38. The van der Waals surface area contributed by atoms with Gasteiger partial charge in [-0.1, -0.05) is 42.5 Å². The summed E-state index contributed by atoms with van der Waals surface area (Å²) in [6.07, 6.45) is 5.60. The van der Waals surface area contributed by atoms with E-state index in [-0.39, 0.29) is 16.7 Å². The molecule has 0 fully saturated rings. The summed E-state index contributed by atoms with van der Waals surface area (Å²) in [6.45, 7) is 2.12. The number of aryl methyl sites for hydroxylation is 1. The lowest BCUT2D eigenvalue weighted by atomic mass is 9.76. The summed E-state index contributed by atoms with van der Waals surface area (Å²) in [5.74, 6) is 0.886. The first-order valence-electron chi connectivity index (χ1n) is 7.92. The smallest absolute Gasteiger partial charge is 0.269 e. The zero-order chi connectivity index (χ0) is 16.0. The molecule has 4 heteroatoms. The van der Waals surface area contributed by atoms with Gasteiger partial charge in [0.2, 0.25) is 0 Å². The van der Waals surface area contributed by atoms with Crippen LogP contribution in [0, 0.1) is 23.0 Å². The maximum absolute atomic E-state index is 10.9. The normalized spacial score (nSPS) is 24.7. The highest BCUT2D eigenvalue weighted by Gasteiger charge is 2.38. The number of rotatable bonds is 2. The molecule has 116 valence electrons. The van der Waals surface area contributed by atoms with Crippen LogP contribution in [0.1, 0.15) is 35.1 Å². The van der Waals surface area contributed by atoms with Gasteiger partial charge in [-0.2, -0.15) is 0 Å². The minimum atomic E-state index is -0.350. The number of benzene rings is 2. The minimum Gasteiger partial charge on any atom is -0.377 e. The van der Waals surface area contributed by atoms with Gasteiger partial charge in [-0.25, -0.2) is 0 Å². The molecule has 0 saturated heterocycles. The standard InChI is InChI=1S/C19H18N2O2/c1-12-4-2-6-16-15-5-3-7-17(15)19(20-18(12)16)13-8-10-14(11-9-13)21(22)23/h2-6,8-11,15,17,19-20H,7H2,1H3/t15-,17-,19+/m1/s1. The zero-order valence-electron chi connectivity index (χ0n) is 12.9. The number of para-hydroxylation sites is 1. The second-order valence-corrected chi connectivity index (χ2v) is 6.36. The van der Waals surface area contributed by atoms with Crippen molar-refractivity contribution in [2.75, 3.05) is 5.32 Å². The summed E-state index contributed by atoms with van der Waals surface area (Å²) in [5, 5.41) is 14.6. The first-order chi connectivity index (χ1) is 11.1. The lowest BCUT2D eigenvalue weighted by molar-refractivity contribution is -0.384. The van der Waals surface area contributed by atoms with Gasteiger partial charge in [0.25, 0.3) is 5.69 Å². The molecule has 0 saturated carbocycles. The van der Waals surface area contributed by atoms with Crippen molar-refractivity contribution in [3.05, 3.63) is 81.4 Å². The molecule has 0 bridgehead atoms. The monoisotopic (exact) mass is 306 g/mol. The van der Waals surface area contributed by atoms with E-state index in [2.05, 4.69) is 42.6 Å². The van der Waals surface area contributed by atoms with E-state index in [0.717, 1.165) is 12.0 Å². The van der Waals surface area contributed by atoms with Gasteiger partial charge in [0, 0.05) is 23.7 Å². The average molecular weight is 306 g/mol. The van der Waals surface area contributed by atoms with E-state index >= 15 is 0 Å². The highest BCUT2D eigenvalue weighted by molar-refractivity contribution is 5.64. The van der Waals surface area contributed by atoms with Gasteiger partial charge < -0.3 is 5.32 Å². The van der Waals surface area contributed by atoms with Gasteiger partial charge in [0.15, 0.2) is 0 Å². The number of anilines is 1. The fraction of sp³-hybridized carbons (Fsp3) is 0.263. The molecule has 2 aromatic rings.